The Morgan fingerprint density at radius 3 is 2.81 bits per heavy atom. The van der Waals surface area contributed by atoms with Gasteiger partial charge in [-0.05, 0) is 37.5 Å². The van der Waals surface area contributed by atoms with E-state index >= 15 is 0 Å². The molecule has 0 saturated heterocycles. The van der Waals surface area contributed by atoms with Crippen molar-refractivity contribution in [1.29, 1.82) is 0 Å². The van der Waals surface area contributed by atoms with Crippen LogP contribution in [0.2, 0.25) is 0 Å². The highest BCUT2D eigenvalue weighted by Crippen LogP contribution is 2.32. The predicted octanol–water partition coefficient (Wildman–Crippen LogP) is 3.96. The van der Waals surface area contributed by atoms with E-state index in [-0.39, 0.29) is 11.9 Å². The molecule has 4 rings (SSSR count). The van der Waals surface area contributed by atoms with Crippen LogP contribution >= 0.6 is 0 Å². The van der Waals surface area contributed by atoms with Crippen molar-refractivity contribution in [3.05, 3.63) is 65.5 Å². The van der Waals surface area contributed by atoms with Crippen LogP contribution in [0.3, 0.4) is 0 Å². The molecule has 1 amide bonds. The molecule has 0 bridgehead atoms. The standard InChI is InChI=1S/C21H21N3O2/c1-14-7-3-5-9-17(14)21-22-19(26-23-21)11-12-20(25)24-15(2)13-16-8-4-6-10-18(16)24/h3-10,15H,11-13H2,1-2H3/t15-/m0/s1. The minimum atomic E-state index is 0.0955. The van der Waals surface area contributed by atoms with Crippen molar-refractivity contribution < 1.29 is 9.32 Å². The van der Waals surface area contributed by atoms with Crippen molar-refractivity contribution in [3.8, 4) is 11.4 Å². The Kier molecular flexibility index (Phi) is 4.29. The maximum absolute atomic E-state index is 12.8. The maximum Gasteiger partial charge on any atom is 0.227 e. The van der Waals surface area contributed by atoms with Crippen LogP contribution in [0.4, 0.5) is 5.69 Å². The number of aromatic nitrogens is 2. The minimum absolute atomic E-state index is 0.0955. The molecule has 2 heterocycles. The van der Waals surface area contributed by atoms with E-state index in [1.165, 1.54) is 5.56 Å². The lowest BCUT2D eigenvalue weighted by atomic mass is 10.1. The monoisotopic (exact) mass is 347 g/mol. The first-order valence-corrected chi connectivity index (χ1v) is 8.92. The van der Waals surface area contributed by atoms with Gasteiger partial charge in [-0.3, -0.25) is 4.79 Å². The Balaban J connectivity index is 1.45. The topological polar surface area (TPSA) is 59.2 Å². The number of benzene rings is 2. The summed E-state index contributed by atoms with van der Waals surface area (Å²) in [6, 6.07) is 16.2. The van der Waals surface area contributed by atoms with Gasteiger partial charge in [0.2, 0.25) is 17.6 Å². The van der Waals surface area contributed by atoms with E-state index in [1.54, 1.807) is 0 Å². The molecule has 26 heavy (non-hydrogen) atoms. The number of hydrogen-bond donors (Lipinski definition) is 0. The van der Waals surface area contributed by atoms with Gasteiger partial charge in [0.1, 0.15) is 0 Å². The van der Waals surface area contributed by atoms with Crippen LogP contribution < -0.4 is 4.90 Å². The molecule has 5 nitrogen and oxygen atoms in total. The number of para-hydroxylation sites is 1. The molecule has 2 aromatic carbocycles. The van der Waals surface area contributed by atoms with Gasteiger partial charge in [-0.2, -0.15) is 4.98 Å². The van der Waals surface area contributed by atoms with E-state index in [0.29, 0.717) is 24.6 Å². The molecule has 3 aromatic rings. The first-order valence-electron chi connectivity index (χ1n) is 8.92. The van der Waals surface area contributed by atoms with Crippen molar-refractivity contribution in [2.45, 2.75) is 39.2 Å². The molecule has 0 N–H and O–H groups in total. The van der Waals surface area contributed by atoms with Gasteiger partial charge in [0.15, 0.2) is 0 Å². The third kappa shape index (κ3) is 3.01. The number of aryl methyl sites for hydroxylation is 2. The van der Waals surface area contributed by atoms with Gasteiger partial charge < -0.3 is 9.42 Å². The summed E-state index contributed by atoms with van der Waals surface area (Å²) < 4.78 is 5.35. The van der Waals surface area contributed by atoms with Crippen LogP contribution in [0, 0.1) is 6.92 Å². The molecular weight excluding hydrogens is 326 g/mol. The largest absolute Gasteiger partial charge is 0.339 e. The van der Waals surface area contributed by atoms with Gasteiger partial charge in [0.25, 0.3) is 0 Å². The molecule has 1 aromatic heterocycles. The van der Waals surface area contributed by atoms with E-state index in [9.17, 15) is 4.79 Å². The van der Waals surface area contributed by atoms with Crippen molar-refractivity contribution in [2.24, 2.45) is 0 Å². The van der Waals surface area contributed by atoms with Gasteiger partial charge in [-0.15, -0.1) is 0 Å². The Bertz CT molecular complexity index is 948. The summed E-state index contributed by atoms with van der Waals surface area (Å²) in [6.45, 7) is 4.10. The zero-order chi connectivity index (χ0) is 18.1. The van der Waals surface area contributed by atoms with E-state index in [1.807, 2.05) is 54.3 Å². The molecule has 0 fully saturated rings. The number of anilines is 1. The number of amides is 1. The lowest BCUT2D eigenvalue weighted by Crippen LogP contribution is -2.35. The van der Waals surface area contributed by atoms with E-state index < -0.39 is 0 Å². The highest BCUT2D eigenvalue weighted by atomic mass is 16.5. The molecule has 1 atom stereocenters. The van der Waals surface area contributed by atoms with Gasteiger partial charge >= 0.3 is 0 Å². The van der Waals surface area contributed by atoms with Crippen LogP contribution in [0.25, 0.3) is 11.4 Å². The van der Waals surface area contributed by atoms with Gasteiger partial charge in [0.05, 0.1) is 0 Å². The molecule has 5 heteroatoms. The van der Waals surface area contributed by atoms with Crippen LogP contribution in [0.1, 0.15) is 30.4 Å². The molecule has 1 aliphatic heterocycles. The molecule has 0 radical (unpaired) electrons. The average Bonchev–Trinajstić information content (AvgIpc) is 3.23. The fourth-order valence-electron chi connectivity index (χ4n) is 3.57. The number of carbonyl (C=O) groups excluding carboxylic acids is 1. The molecule has 0 aliphatic carbocycles. The quantitative estimate of drug-likeness (QED) is 0.717. The minimum Gasteiger partial charge on any atom is -0.339 e. The van der Waals surface area contributed by atoms with E-state index in [4.69, 9.17) is 4.52 Å². The Labute approximate surface area is 152 Å². The van der Waals surface area contributed by atoms with Crippen LogP contribution in [0.5, 0.6) is 0 Å². The second-order valence-electron chi connectivity index (χ2n) is 6.77. The van der Waals surface area contributed by atoms with Crippen molar-refractivity contribution >= 4 is 11.6 Å². The molecule has 0 saturated carbocycles. The fourth-order valence-corrected chi connectivity index (χ4v) is 3.57. The first kappa shape index (κ1) is 16.5. The second-order valence-corrected chi connectivity index (χ2v) is 6.77. The SMILES string of the molecule is Cc1ccccc1-c1noc(CCC(=O)N2c3ccccc3C[C@@H]2C)n1. The Morgan fingerprint density at radius 2 is 1.96 bits per heavy atom. The molecular formula is C21H21N3O2. The first-order chi connectivity index (χ1) is 12.6. The lowest BCUT2D eigenvalue weighted by molar-refractivity contribution is -0.118. The Morgan fingerprint density at radius 1 is 1.19 bits per heavy atom. The number of hydrogen-bond acceptors (Lipinski definition) is 4. The zero-order valence-electron chi connectivity index (χ0n) is 15.0. The second kappa shape index (κ2) is 6.75. The third-order valence-corrected chi connectivity index (χ3v) is 4.88. The number of fused-ring (bicyclic) bond motifs is 1. The average molecular weight is 347 g/mol. The Hall–Kier alpha value is -2.95. The molecule has 1 aliphatic rings. The maximum atomic E-state index is 12.8. The van der Waals surface area contributed by atoms with Gasteiger partial charge in [0, 0.05) is 30.1 Å². The van der Waals surface area contributed by atoms with Gasteiger partial charge in [-0.1, -0.05) is 47.6 Å². The molecule has 0 spiro atoms. The highest BCUT2D eigenvalue weighted by molar-refractivity contribution is 5.96. The lowest BCUT2D eigenvalue weighted by Gasteiger charge is -2.22. The van der Waals surface area contributed by atoms with Crippen LogP contribution in [0.15, 0.2) is 53.1 Å². The molecule has 0 unspecified atom stereocenters. The van der Waals surface area contributed by atoms with Crippen LogP contribution in [-0.4, -0.2) is 22.1 Å². The van der Waals surface area contributed by atoms with Gasteiger partial charge in [-0.25, -0.2) is 0 Å². The summed E-state index contributed by atoms with van der Waals surface area (Å²) in [5.41, 5.74) is 4.30. The fraction of sp³-hybridized carbons (Fsp3) is 0.286. The van der Waals surface area contributed by atoms with E-state index in [2.05, 4.69) is 23.1 Å². The summed E-state index contributed by atoms with van der Waals surface area (Å²) >= 11 is 0. The third-order valence-electron chi connectivity index (χ3n) is 4.88. The van der Waals surface area contributed by atoms with Crippen molar-refractivity contribution in [2.75, 3.05) is 4.90 Å². The van der Waals surface area contributed by atoms with Crippen LogP contribution in [-0.2, 0) is 17.6 Å². The highest BCUT2D eigenvalue weighted by Gasteiger charge is 2.30. The van der Waals surface area contributed by atoms with Crippen molar-refractivity contribution in [3.63, 3.8) is 0 Å². The summed E-state index contributed by atoms with van der Waals surface area (Å²) in [4.78, 5) is 19.1. The smallest absolute Gasteiger partial charge is 0.227 e. The normalized spacial score (nSPS) is 15.9. The number of nitrogens with zero attached hydrogens (tertiary/aromatic N) is 3. The van der Waals surface area contributed by atoms with Crippen molar-refractivity contribution in [1.82, 2.24) is 10.1 Å². The molecule has 132 valence electrons. The predicted molar refractivity (Wildman–Crippen MR) is 99.9 cm³/mol. The number of carbonyl (C=O) groups is 1. The summed E-state index contributed by atoms with van der Waals surface area (Å²) in [6.07, 6.45) is 1.71. The summed E-state index contributed by atoms with van der Waals surface area (Å²) in [7, 11) is 0. The zero-order valence-corrected chi connectivity index (χ0v) is 15.0. The summed E-state index contributed by atoms with van der Waals surface area (Å²) in [5.74, 6) is 1.17. The number of rotatable bonds is 4. The summed E-state index contributed by atoms with van der Waals surface area (Å²) in [5, 5.41) is 4.06. The van der Waals surface area contributed by atoms with E-state index in [0.717, 1.165) is 23.2 Å².